The number of piperidine rings is 1. The molecular weight excluding hydrogens is 513 g/mol. The largest absolute Gasteiger partial charge is 0.508 e. The number of anilines is 2. The molecule has 8 nitrogen and oxygen atoms in total. The van der Waals surface area contributed by atoms with Crippen LogP contribution in [0.1, 0.15) is 23.2 Å². The summed E-state index contributed by atoms with van der Waals surface area (Å²) in [6.45, 7) is 1.44. The maximum atomic E-state index is 13.0. The van der Waals surface area contributed by atoms with E-state index in [2.05, 4.69) is 5.32 Å². The monoisotopic (exact) mass is 540 g/mol. The first kappa shape index (κ1) is 27.0. The van der Waals surface area contributed by atoms with Gasteiger partial charge in [-0.25, -0.2) is 0 Å². The third kappa shape index (κ3) is 6.11. The molecule has 3 N–H and O–H groups in total. The minimum atomic E-state index is -5.05. The van der Waals surface area contributed by atoms with Crippen molar-refractivity contribution in [1.82, 2.24) is 10.2 Å². The lowest BCUT2D eigenvalue weighted by molar-refractivity contribution is -0.170. The molecule has 2 amide bonds. The van der Waals surface area contributed by atoms with Crippen molar-refractivity contribution in [2.75, 3.05) is 43.0 Å². The number of phenols is 1. The van der Waals surface area contributed by atoms with Gasteiger partial charge in [0.1, 0.15) is 5.75 Å². The van der Waals surface area contributed by atoms with Crippen molar-refractivity contribution < 1.29 is 33.0 Å². The van der Waals surface area contributed by atoms with Crippen molar-refractivity contribution in [3.8, 4) is 5.75 Å². The van der Waals surface area contributed by atoms with Crippen LogP contribution in [0, 0.1) is 0 Å². The normalized spacial score (nSPS) is 20.8. The Kier molecular flexibility index (Phi) is 7.86. The number of carbonyl (C=O) groups is 2. The van der Waals surface area contributed by atoms with Crippen LogP contribution in [0.25, 0.3) is 0 Å². The first-order chi connectivity index (χ1) is 17.4. The van der Waals surface area contributed by atoms with Crippen LogP contribution in [0.4, 0.5) is 24.5 Å². The van der Waals surface area contributed by atoms with Gasteiger partial charge in [0.2, 0.25) is 0 Å². The highest BCUT2D eigenvalue weighted by atomic mass is 35.5. The Morgan fingerprint density at radius 3 is 2.35 bits per heavy atom. The van der Waals surface area contributed by atoms with Gasteiger partial charge in [-0.05, 0) is 49.2 Å². The lowest BCUT2D eigenvalue weighted by Crippen LogP contribution is -2.50. The zero-order valence-electron chi connectivity index (χ0n) is 20.1. The number of aliphatic hydroxyl groups is 1. The molecule has 2 atom stereocenters. The molecule has 0 aromatic heterocycles. The Labute approximate surface area is 217 Å². The fourth-order valence-corrected chi connectivity index (χ4v) is 4.95. The van der Waals surface area contributed by atoms with E-state index >= 15 is 0 Å². The van der Waals surface area contributed by atoms with E-state index in [1.54, 1.807) is 34.1 Å². The quantitative estimate of drug-likeness (QED) is 0.540. The minimum absolute atomic E-state index is 0.0259. The molecule has 2 aromatic carbocycles. The van der Waals surface area contributed by atoms with E-state index in [9.17, 15) is 33.0 Å². The number of amides is 2. The van der Waals surface area contributed by atoms with Gasteiger partial charge >= 0.3 is 12.1 Å². The molecule has 0 bridgehead atoms. The number of rotatable bonds is 5. The van der Waals surface area contributed by atoms with Crippen molar-refractivity contribution in [3.63, 3.8) is 0 Å². The van der Waals surface area contributed by atoms with Gasteiger partial charge in [-0.15, -0.1) is 0 Å². The van der Waals surface area contributed by atoms with Crippen LogP contribution in [-0.2, 0) is 4.79 Å². The highest BCUT2D eigenvalue weighted by Gasteiger charge is 2.43. The first-order valence-corrected chi connectivity index (χ1v) is 12.2. The molecule has 2 aliphatic rings. The predicted octanol–water partition coefficient (Wildman–Crippen LogP) is 3.01. The smallest absolute Gasteiger partial charge is 0.471 e. The molecule has 2 aromatic rings. The number of phenolic OH excluding ortho intramolecular Hbond substituents is 1. The lowest BCUT2D eigenvalue weighted by atomic mass is 10.0. The number of nitrogens with zero attached hydrogens (tertiary/aromatic N) is 3. The predicted molar refractivity (Wildman–Crippen MR) is 133 cm³/mol. The van der Waals surface area contributed by atoms with Gasteiger partial charge in [-0.1, -0.05) is 11.6 Å². The van der Waals surface area contributed by atoms with E-state index in [1.807, 2.05) is 0 Å². The molecule has 2 heterocycles. The summed E-state index contributed by atoms with van der Waals surface area (Å²) in [5, 5.41) is 24.6. The molecule has 2 aliphatic heterocycles. The van der Waals surface area contributed by atoms with Gasteiger partial charge in [-0.2, -0.15) is 13.2 Å². The molecular formula is C25H28ClF3N4O4. The topological polar surface area (TPSA) is 96.3 Å². The number of halogens is 4. The molecule has 200 valence electrons. The second kappa shape index (κ2) is 10.8. The summed E-state index contributed by atoms with van der Waals surface area (Å²) in [5.41, 5.74) is 0.752. The fourth-order valence-electron chi connectivity index (χ4n) is 4.82. The highest BCUT2D eigenvalue weighted by molar-refractivity contribution is 6.30. The zero-order valence-corrected chi connectivity index (χ0v) is 20.8. The molecule has 4 rings (SSSR count). The molecule has 2 fully saturated rings. The Morgan fingerprint density at radius 2 is 1.73 bits per heavy atom. The number of aromatic hydroxyl groups is 1. The average Bonchev–Trinajstić information content (AvgIpc) is 3.23. The van der Waals surface area contributed by atoms with E-state index in [0.717, 1.165) is 7.05 Å². The van der Waals surface area contributed by atoms with E-state index in [-0.39, 0.29) is 48.2 Å². The Balaban J connectivity index is 1.38. The summed E-state index contributed by atoms with van der Waals surface area (Å²) < 4.78 is 39.0. The van der Waals surface area contributed by atoms with Crippen molar-refractivity contribution >= 4 is 34.8 Å². The summed E-state index contributed by atoms with van der Waals surface area (Å²) in [6.07, 6.45) is -4.54. The molecule has 12 heteroatoms. The number of hydrogen-bond acceptors (Lipinski definition) is 6. The third-order valence-electron chi connectivity index (χ3n) is 6.82. The van der Waals surface area contributed by atoms with Crippen molar-refractivity contribution in [2.45, 2.75) is 37.2 Å². The van der Waals surface area contributed by atoms with Crippen LogP contribution in [0.3, 0.4) is 0 Å². The lowest BCUT2D eigenvalue weighted by Gasteiger charge is -2.34. The van der Waals surface area contributed by atoms with E-state index < -0.39 is 18.2 Å². The van der Waals surface area contributed by atoms with Gasteiger partial charge in [0.15, 0.2) is 0 Å². The summed E-state index contributed by atoms with van der Waals surface area (Å²) in [6, 6.07) is 10.1. The second-order valence-electron chi connectivity index (χ2n) is 9.35. The number of likely N-dealkylation sites (tertiary alicyclic amines) is 1. The van der Waals surface area contributed by atoms with Gasteiger partial charge in [-0.3, -0.25) is 9.59 Å². The van der Waals surface area contributed by atoms with Crippen molar-refractivity contribution in [2.24, 2.45) is 0 Å². The molecule has 0 aliphatic carbocycles. The second-order valence-corrected chi connectivity index (χ2v) is 9.79. The van der Waals surface area contributed by atoms with Gasteiger partial charge in [0.25, 0.3) is 5.91 Å². The summed E-state index contributed by atoms with van der Waals surface area (Å²) in [5.74, 6) is -2.28. The third-order valence-corrected chi connectivity index (χ3v) is 7.07. The fraction of sp³-hybridized carbons (Fsp3) is 0.440. The SMILES string of the molecule is CN(C(=O)C(F)(F)F)c1ccc(O)cc1N1CC(O)C(NC2CCN(C(=O)c3ccc(Cl)cc3)CC2)C1. The molecule has 2 saturated heterocycles. The molecule has 0 spiro atoms. The van der Waals surface area contributed by atoms with E-state index in [4.69, 9.17) is 11.6 Å². The van der Waals surface area contributed by atoms with Crippen LogP contribution in [0.15, 0.2) is 42.5 Å². The molecule has 0 radical (unpaired) electrons. The van der Waals surface area contributed by atoms with Crippen LogP contribution in [0.2, 0.25) is 5.02 Å². The minimum Gasteiger partial charge on any atom is -0.508 e. The van der Waals surface area contributed by atoms with Crippen LogP contribution >= 0.6 is 11.6 Å². The van der Waals surface area contributed by atoms with E-state index in [1.165, 1.54) is 18.2 Å². The average molecular weight is 541 g/mol. The Morgan fingerprint density at radius 1 is 1.08 bits per heavy atom. The highest BCUT2D eigenvalue weighted by Crippen LogP contribution is 2.36. The van der Waals surface area contributed by atoms with Gasteiger partial charge in [0, 0.05) is 55.9 Å². The number of nitrogens with one attached hydrogen (secondary N) is 1. The number of hydrogen-bond donors (Lipinski definition) is 3. The Hall–Kier alpha value is -3.02. The zero-order chi connectivity index (χ0) is 26.9. The molecule has 37 heavy (non-hydrogen) atoms. The van der Waals surface area contributed by atoms with Crippen LogP contribution < -0.4 is 15.1 Å². The number of aliphatic hydroxyl groups excluding tert-OH is 1. The molecule has 0 saturated carbocycles. The number of alkyl halides is 3. The number of benzene rings is 2. The maximum absolute atomic E-state index is 13.0. The van der Waals surface area contributed by atoms with Crippen LogP contribution in [-0.4, -0.2) is 84.5 Å². The number of carbonyl (C=O) groups excluding carboxylic acids is 2. The maximum Gasteiger partial charge on any atom is 0.471 e. The van der Waals surface area contributed by atoms with Gasteiger partial charge < -0.3 is 30.2 Å². The number of β-amino-alcohol motifs (C(OH)–C–C–N with tert-alkyl or cyclic N) is 1. The van der Waals surface area contributed by atoms with Crippen LogP contribution in [0.5, 0.6) is 5.75 Å². The summed E-state index contributed by atoms with van der Waals surface area (Å²) in [4.78, 5) is 28.5. The van der Waals surface area contributed by atoms with E-state index in [0.29, 0.717) is 41.4 Å². The first-order valence-electron chi connectivity index (χ1n) is 11.9. The summed E-state index contributed by atoms with van der Waals surface area (Å²) in [7, 11) is 1.02. The van der Waals surface area contributed by atoms with Gasteiger partial charge in [0.05, 0.1) is 23.5 Å². The molecule has 2 unspecified atom stereocenters. The Bertz CT molecular complexity index is 1140. The van der Waals surface area contributed by atoms with Crippen molar-refractivity contribution in [3.05, 3.63) is 53.1 Å². The standard InChI is InChI=1S/C25H28ClF3N4O4/c1-31(24(37)25(27,28)29)20-7-6-18(34)12-21(20)33-13-19(22(35)14-33)30-17-8-10-32(11-9-17)23(36)15-2-4-16(26)5-3-15/h2-7,12,17,19,22,30,34-35H,8-11,13-14H2,1H3. The summed E-state index contributed by atoms with van der Waals surface area (Å²) >= 11 is 5.90. The van der Waals surface area contributed by atoms with Crippen molar-refractivity contribution in [1.29, 1.82) is 0 Å².